The van der Waals surface area contributed by atoms with Crippen molar-refractivity contribution in [3.8, 4) is 0 Å². The maximum atomic E-state index is 13.1. The molecule has 112 valence electrons. The monoisotopic (exact) mass is 299 g/mol. The second-order valence-corrected chi connectivity index (χ2v) is 4.54. The molecule has 2 aromatic carbocycles. The van der Waals surface area contributed by atoms with Gasteiger partial charge in [-0.05, 0) is 42.0 Å². The first-order chi connectivity index (χ1) is 9.82. The first-order valence-electron chi connectivity index (χ1n) is 6.13. The van der Waals surface area contributed by atoms with Crippen molar-refractivity contribution in [2.45, 2.75) is 12.8 Å². The van der Waals surface area contributed by atoms with Gasteiger partial charge in [0.15, 0.2) is 0 Å². The van der Waals surface area contributed by atoms with E-state index in [2.05, 4.69) is 0 Å². The number of alkyl halides is 3. The second kappa shape index (κ2) is 5.73. The predicted molar refractivity (Wildman–Crippen MR) is 71.8 cm³/mol. The highest BCUT2D eigenvalue weighted by atomic mass is 19.4. The molecule has 0 radical (unpaired) electrons. The SMILES string of the molecule is CN(c1ccc(F)cc1)c1ccc(CO)cc1C(F)(F)F. The summed E-state index contributed by atoms with van der Waals surface area (Å²) in [7, 11) is 1.47. The molecule has 6 heteroatoms. The van der Waals surface area contributed by atoms with Gasteiger partial charge in [-0.1, -0.05) is 6.07 Å². The molecule has 0 spiro atoms. The van der Waals surface area contributed by atoms with Crippen molar-refractivity contribution < 1.29 is 22.7 Å². The van der Waals surface area contributed by atoms with E-state index in [-0.39, 0.29) is 11.3 Å². The van der Waals surface area contributed by atoms with Crippen molar-refractivity contribution >= 4 is 11.4 Å². The van der Waals surface area contributed by atoms with Gasteiger partial charge < -0.3 is 10.0 Å². The van der Waals surface area contributed by atoms with Crippen LogP contribution in [0.25, 0.3) is 0 Å². The summed E-state index contributed by atoms with van der Waals surface area (Å²) in [5.41, 5.74) is -0.301. The summed E-state index contributed by atoms with van der Waals surface area (Å²) >= 11 is 0. The lowest BCUT2D eigenvalue weighted by Gasteiger charge is -2.24. The van der Waals surface area contributed by atoms with Crippen molar-refractivity contribution in [2.24, 2.45) is 0 Å². The predicted octanol–water partition coefficient (Wildman–Crippen LogP) is 4.10. The Balaban J connectivity index is 2.49. The minimum absolute atomic E-state index is 0.0636. The van der Waals surface area contributed by atoms with E-state index in [0.29, 0.717) is 5.69 Å². The lowest BCUT2D eigenvalue weighted by Crippen LogP contribution is -2.17. The molecule has 21 heavy (non-hydrogen) atoms. The zero-order valence-corrected chi connectivity index (χ0v) is 11.2. The molecule has 2 aromatic rings. The average Bonchev–Trinajstić information content (AvgIpc) is 2.46. The Kier molecular flexibility index (Phi) is 4.18. The third-order valence-electron chi connectivity index (χ3n) is 3.12. The smallest absolute Gasteiger partial charge is 0.392 e. The van der Waals surface area contributed by atoms with E-state index in [9.17, 15) is 17.6 Å². The van der Waals surface area contributed by atoms with Gasteiger partial charge in [0.1, 0.15) is 5.82 Å². The van der Waals surface area contributed by atoms with E-state index in [1.807, 2.05) is 0 Å². The fourth-order valence-corrected chi connectivity index (χ4v) is 2.00. The summed E-state index contributed by atoms with van der Waals surface area (Å²) in [4.78, 5) is 1.32. The van der Waals surface area contributed by atoms with Crippen LogP contribution in [-0.4, -0.2) is 12.2 Å². The lowest BCUT2D eigenvalue weighted by atomic mass is 10.1. The first kappa shape index (κ1) is 15.3. The Labute approximate surface area is 119 Å². The molecule has 0 saturated heterocycles. The highest BCUT2D eigenvalue weighted by molar-refractivity contribution is 5.67. The number of aliphatic hydroxyl groups is 1. The van der Waals surface area contributed by atoms with Gasteiger partial charge >= 0.3 is 6.18 Å². The summed E-state index contributed by atoms with van der Waals surface area (Å²) in [5.74, 6) is -0.459. The topological polar surface area (TPSA) is 23.5 Å². The third-order valence-corrected chi connectivity index (χ3v) is 3.12. The molecule has 0 aliphatic carbocycles. The molecule has 2 nitrogen and oxygen atoms in total. The van der Waals surface area contributed by atoms with Crippen molar-refractivity contribution in [3.63, 3.8) is 0 Å². The van der Waals surface area contributed by atoms with E-state index >= 15 is 0 Å². The van der Waals surface area contributed by atoms with Gasteiger partial charge in [-0.3, -0.25) is 0 Å². The fraction of sp³-hybridized carbons (Fsp3) is 0.200. The molecular weight excluding hydrogens is 286 g/mol. The van der Waals surface area contributed by atoms with Gasteiger partial charge in [0, 0.05) is 12.7 Å². The Morgan fingerprint density at radius 1 is 1.05 bits per heavy atom. The molecule has 0 atom stereocenters. The highest BCUT2D eigenvalue weighted by Gasteiger charge is 2.34. The van der Waals surface area contributed by atoms with E-state index in [1.165, 1.54) is 48.3 Å². The molecule has 0 amide bonds. The molecule has 0 aliphatic rings. The van der Waals surface area contributed by atoms with E-state index in [4.69, 9.17) is 5.11 Å². The van der Waals surface area contributed by atoms with Crippen LogP contribution in [0.3, 0.4) is 0 Å². The van der Waals surface area contributed by atoms with Crippen LogP contribution in [0.2, 0.25) is 0 Å². The molecule has 0 fully saturated rings. The van der Waals surface area contributed by atoms with Crippen LogP contribution in [-0.2, 0) is 12.8 Å². The Morgan fingerprint density at radius 2 is 1.67 bits per heavy atom. The number of hydrogen-bond donors (Lipinski definition) is 1. The summed E-state index contributed by atoms with van der Waals surface area (Å²) in [6, 6.07) is 8.78. The molecule has 0 aliphatic heterocycles. The minimum atomic E-state index is -4.55. The van der Waals surface area contributed by atoms with Crippen molar-refractivity contribution in [2.75, 3.05) is 11.9 Å². The minimum Gasteiger partial charge on any atom is -0.392 e. The number of hydrogen-bond acceptors (Lipinski definition) is 2. The van der Waals surface area contributed by atoms with Gasteiger partial charge in [0.2, 0.25) is 0 Å². The van der Waals surface area contributed by atoms with Crippen LogP contribution in [0, 0.1) is 5.82 Å². The van der Waals surface area contributed by atoms with Crippen LogP contribution < -0.4 is 4.90 Å². The van der Waals surface area contributed by atoms with Gasteiger partial charge in [-0.15, -0.1) is 0 Å². The molecule has 0 heterocycles. The number of nitrogens with zero attached hydrogens (tertiary/aromatic N) is 1. The molecule has 0 bridgehead atoms. The number of benzene rings is 2. The van der Waals surface area contributed by atoms with Gasteiger partial charge in [0.05, 0.1) is 17.9 Å². The van der Waals surface area contributed by atoms with Crippen molar-refractivity contribution in [3.05, 3.63) is 59.4 Å². The van der Waals surface area contributed by atoms with Crippen LogP contribution >= 0.6 is 0 Å². The quantitative estimate of drug-likeness (QED) is 0.862. The van der Waals surface area contributed by atoms with E-state index < -0.39 is 24.2 Å². The fourth-order valence-electron chi connectivity index (χ4n) is 2.00. The van der Waals surface area contributed by atoms with Crippen molar-refractivity contribution in [1.29, 1.82) is 0 Å². The zero-order valence-electron chi connectivity index (χ0n) is 11.2. The zero-order chi connectivity index (χ0) is 15.6. The maximum absolute atomic E-state index is 13.1. The van der Waals surface area contributed by atoms with Crippen LogP contribution in [0.4, 0.5) is 28.9 Å². The Bertz CT molecular complexity index is 623. The van der Waals surface area contributed by atoms with E-state index in [0.717, 1.165) is 6.07 Å². The molecule has 0 saturated carbocycles. The molecule has 2 rings (SSSR count). The van der Waals surface area contributed by atoms with E-state index in [1.54, 1.807) is 0 Å². The molecule has 0 unspecified atom stereocenters. The second-order valence-electron chi connectivity index (χ2n) is 4.54. The normalized spacial score (nSPS) is 11.5. The van der Waals surface area contributed by atoms with Gasteiger partial charge in [0.25, 0.3) is 0 Å². The summed E-state index contributed by atoms with van der Waals surface area (Å²) in [5, 5.41) is 8.98. The van der Waals surface area contributed by atoms with Crippen LogP contribution in [0.5, 0.6) is 0 Å². The first-order valence-corrected chi connectivity index (χ1v) is 6.13. The third kappa shape index (κ3) is 3.33. The number of aliphatic hydroxyl groups excluding tert-OH is 1. The Hall–Kier alpha value is -2.08. The van der Waals surface area contributed by atoms with Crippen LogP contribution in [0.1, 0.15) is 11.1 Å². The highest BCUT2D eigenvalue weighted by Crippen LogP contribution is 2.39. The molecule has 0 aromatic heterocycles. The summed E-state index contributed by atoms with van der Waals surface area (Å²) in [6.07, 6.45) is -4.55. The molecule has 1 N–H and O–H groups in total. The van der Waals surface area contributed by atoms with Gasteiger partial charge in [-0.25, -0.2) is 4.39 Å². The number of rotatable bonds is 3. The average molecular weight is 299 g/mol. The maximum Gasteiger partial charge on any atom is 0.418 e. The summed E-state index contributed by atoms with van der Waals surface area (Å²) < 4.78 is 52.3. The standard InChI is InChI=1S/C15H13F4NO/c1-20(12-5-3-11(16)4-6-12)14-7-2-10(9-21)8-13(14)15(17,18)19/h2-8,21H,9H2,1H3. The Morgan fingerprint density at radius 3 is 2.19 bits per heavy atom. The van der Waals surface area contributed by atoms with Crippen LogP contribution in [0.15, 0.2) is 42.5 Å². The number of halogens is 4. The van der Waals surface area contributed by atoms with Gasteiger partial charge in [-0.2, -0.15) is 13.2 Å². The summed E-state index contributed by atoms with van der Waals surface area (Å²) in [6.45, 7) is -0.469. The van der Waals surface area contributed by atoms with Crippen molar-refractivity contribution in [1.82, 2.24) is 0 Å². The lowest BCUT2D eigenvalue weighted by molar-refractivity contribution is -0.137. The number of anilines is 2. The largest absolute Gasteiger partial charge is 0.418 e. The molecular formula is C15H13F4NO.